The molecule has 2 nitrogen and oxygen atoms in total. The summed E-state index contributed by atoms with van der Waals surface area (Å²) in [5.41, 5.74) is 2.47. The number of aryl methyl sites for hydroxylation is 1. The van der Waals surface area contributed by atoms with Crippen molar-refractivity contribution in [2.45, 2.75) is 38.3 Å². The number of nitrogens with zero attached hydrogens (tertiary/aromatic N) is 2. The number of aromatic nitrogens is 2. The summed E-state index contributed by atoms with van der Waals surface area (Å²) in [6.45, 7) is 6.49. The van der Waals surface area contributed by atoms with Crippen LogP contribution in [0.25, 0.3) is 0 Å². The molecule has 0 fully saturated rings. The molecule has 0 saturated heterocycles. The Bertz CT molecular complexity index is 284. The molecule has 0 saturated carbocycles. The molecule has 0 aliphatic rings. The van der Waals surface area contributed by atoms with Crippen molar-refractivity contribution in [3.63, 3.8) is 0 Å². The third-order valence-electron chi connectivity index (χ3n) is 2.02. The van der Waals surface area contributed by atoms with Gasteiger partial charge in [0.15, 0.2) is 5.16 Å². The molecule has 0 aliphatic carbocycles. The molecule has 0 N–H and O–H groups in total. The van der Waals surface area contributed by atoms with E-state index in [0.717, 1.165) is 11.6 Å². The van der Waals surface area contributed by atoms with E-state index in [-0.39, 0.29) is 0 Å². The number of hydrogen-bond donors (Lipinski definition) is 0. The van der Waals surface area contributed by atoms with Gasteiger partial charge < -0.3 is 0 Å². The molecule has 0 atom stereocenters. The zero-order valence-electron chi connectivity index (χ0n) is 8.66. The molecule has 1 aromatic rings. The molecule has 0 spiro atoms. The highest BCUT2D eigenvalue weighted by molar-refractivity contribution is 7.98. The Morgan fingerprint density at radius 2 is 2.15 bits per heavy atom. The molecule has 0 bridgehead atoms. The van der Waals surface area contributed by atoms with Crippen molar-refractivity contribution in [3.05, 3.63) is 17.5 Å². The van der Waals surface area contributed by atoms with Crippen LogP contribution in [0.4, 0.5) is 0 Å². The predicted octanol–water partition coefficient (Wildman–Crippen LogP) is 2.88. The maximum absolute atomic E-state index is 4.48. The smallest absolute Gasteiger partial charge is 0.187 e. The first-order valence-corrected chi connectivity index (χ1v) is 5.81. The fourth-order valence-electron chi connectivity index (χ4n) is 1.27. The van der Waals surface area contributed by atoms with Gasteiger partial charge in [0.2, 0.25) is 0 Å². The van der Waals surface area contributed by atoms with Crippen molar-refractivity contribution < 1.29 is 0 Å². The van der Waals surface area contributed by atoms with E-state index in [1.165, 1.54) is 11.3 Å². The molecular weight excluding hydrogens is 180 g/mol. The van der Waals surface area contributed by atoms with Crippen LogP contribution in [0.15, 0.2) is 11.4 Å². The Morgan fingerprint density at radius 1 is 1.46 bits per heavy atom. The van der Waals surface area contributed by atoms with Gasteiger partial charge in [0.05, 0.1) is 0 Å². The minimum absolute atomic E-state index is 0.519. The topological polar surface area (TPSA) is 25.8 Å². The lowest BCUT2D eigenvalue weighted by Crippen LogP contribution is -2.01. The summed E-state index contributed by atoms with van der Waals surface area (Å²) in [5.74, 6) is 0.519. The summed E-state index contributed by atoms with van der Waals surface area (Å²) >= 11 is 1.60. The zero-order valence-corrected chi connectivity index (χ0v) is 9.48. The lowest BCUT2D eigenvalue weighted by atomic mass is 10.0. The molecule has 0 radical (unpaired) electrons. The van der Waals surface area contributed by atoms with E-state index in [4.69, 9.17) is 0 Å². The Balaban J connectivity index is 3.08. The van der Waals surface area contributed by atoms with E-state index >= 15 is 0 Å². The molecule has 1 heterocycles. The van der Waals surface area contributed by atoms with Gasteiger partial charge in [0, 0.05) is 11.9 Å². The van der Waals surface area contributed by atoms with Gasteiger partial charge >= 0.3 is 0 Å². The predicted molar refractivity (Wildman–Crippen MR) is 57.3 cm³/mol. The SMILES string of the molecule is CCc1nc(SC)ncc1C(C)C. The molecule has 0 aromatic carbocycles. The Morgan fingerprint density at radius 3 is 2.62 bits per heavy atom. The van der Waals surface area contributed by atoms with Gasteiger partial charge in [-0.25, -0.2) is 9.97 Å². The molecular formula is C10H16N2S. The van der Waals surface area contributed by atoms with Crippen LogP contribution in [0.2, 0.25) is 0 Å². The van der Waals surface area contributed by atoms with Crippen LogP contribution in [0.3, 0.4) is 0 Å². The molecule has 3 heteroatoms. The summed E-state index contributed by atoms with van der Waals surface area (Å²) in [6, 6.07) is 0. The lowest BCUT2D eigenvalue weighted by molar-refractivity contribution is 0.778. The van der Waals surface area contributed by atoms with Gasteiger partial charge in [-0.2, -0.15) is 0 Å². The highest BCUT2D eigenvalue weighted by atomic mass is 32.2. The summed E-state index contributed by atoms with van der Waals surface area (Å²) < 4.78 is 0. The van der Waals surface area contributed by atoms with Crippen LogP contribution in [0, 0.1) is 0 Å². The summed E-state index contributed by atoms with van der Waals surface area (Å²) in [7, 11) is 0. The second-order valence-electron chi connectivity index (χ2n) is 3.27. The molecule has 0 unspecified atom stereocenters. The van der Waals surface area contributed by atoms with Crippen LogP contribution in [-0.4, -0.2) is 16.2 Å². The highest BCUT2D eigenvalue weighted by Gasteiger charge is 2.07. The zero-order chi connectivity index (χ0) is 9.84. The molecule has 0 aliphatic heterocycles. The van der Waals surface area contributed by atoms with Gasteiger partial charge in [0.1, 0.15) is 0 Å². The second kappa shape index (κ2) is 4.61. The van der Waals surface area contributed by atoms with Gasteiger partial charge in [-0.15, -0.1) is 0 Å². The highest BCUT2D eigenvalue weighted by Crippen LogP contribution is 2.19. The first-order chi connectivity index (χ1) is 6.19. The van der Waals surface area contributed by atoms with E-state index in [0.29, 0.717) is 5.92 Å². The van der Waals surface area contributed by atoms with E-state index in [1.54, 1.807) is 11.8 Å². The quantitative estimate of drug-likeness (QED) is 0.549. The second-order valence-corrected chi connectivity index (χ2v) is 4.04. The molecule has 13 heavy (non-hydrogen) atoms. The normalized spacial score (nSPS) is 10.8. The van der Waals surface area contributed by atoms with Gasteiger partial charge in [-0.1, -0.05) is 32.5 Å². The minimum Gasteiger partial charge on any atom is -0.231 e. The standard InChI is InChI=1S/C10H16N2S/c1-5-9-8(7(2)3)6-11-10(12-9)13-4/h6-7H,5H2,1-4H3. The van der Waals surface area contributed by atoms with Gasteiger partial charge in [0.25, 0.3) is 0 Å². The number of thioether (sulfide) groups is 1. The molecule has 1 aromatic heterocycles. The molecule has 0 amide bonds. The third kappa shape index (κ3) is 2.44. The molecule has 72 valence electrons. The fourth-order valence-corrected chi connectivity index (χ4v) is 1.63. The van der Waals surface area contributed by atoms with E-state index in [9.17, 15) is 0 Å². The Kier molecular flexibility index (Phi) is 3.72. The van der Waals surface area contributed by atoms with Crippen molar-refractivity contribution >= 4 is 11.8 Å². The van der Waals surface area contributed by atoms with Crippen molar-refractivity contribution in [3.8, 4) is 0 Å². The van der Waals surface area contributed by atoms with Crippen molar-refractivity contribution in [2.75, 3.05) is 6.26 Å². The van der Waals surface area contributed by atoms with E-state index < -0.39 is 0 Å². The average Bonchev–Trinajstić information content (AvgIpc) is 2.16. The van der Waals surface area contributed by atoms with Crippen LogP contribution in [0.5, 0.6) is 0 Å². The monoisotopic (exact) mass is 196 g/mol. The average molecular weight is 196 g/mol. The summed E-state index contributed by atoms with van der Waals surface area (Å²) in [4.78, 5) is 8.76. The van der Waals surface area contributed by atoms with Crippen molar-refractivity contribution in [1.82, 2.24) is 9.97 Å². The van der Waals surface area contributed by atoms with Crippen LogP contribution in [-0.2, 0) is 6.42 Å². The van der Waals surface area contributed by atoms with Crippen molar-refractivity contribution in [1.29, 1.82) is 0 Å². The largest absolute Gasteiger partial charge is 0.231 e. The minimum atomic E-state index is 0.519. The number of rotatable bonds is 3. The summed E-state index contributed by atoms with van der Waals surface area (Å²) in [5, 5.41) is 0.876. The Hall–Kier alpha value is -0.570. The Labute approximate surface area is 84.2 Å². The van der Waals surface area contributed by atoms with Gasteiger partial charge in [-0.05, 0) is 24.2 Å². The first-order valence-electron chi connectivity index (χ1n) is 4.58. The maximum Gasteiger partial charge on any atom is 0.187 e. The fraction of sp³-hybridized carbons (Fsp3) is 0.600. The van der Waals surface area contributed by atoms with Crippen LogP contribution in [0.1, 0.15) is 37.9 Å². The maximum atomic E-state index is 4.48. The number of hydrogen-bond acceptors (Lipinski definition) is 3. The molecule has 1 rings (SSSR count). The van der Waals surface area contributed by atoms with E-state index in [2.05, 4.69) is 30.7 Å². The lowest BCUT2D eigenvalue weighted by Gasteiger charge is -2.10. The summed E-state index contributed by atoms with van der Waals surface area (Å²) in [6.07, 6.45) is 4.95. The van der Waals surface area contributed by atoms with Crippen molar-refractivity contribution in [2.24, 2.45) is 0 Å². The third-order valence-corrected chi connectivity index (χ3v) is 2.58. The van der Waals surface area contributed by atoms with Gasteiger partial charge in [-0.3, -0.25) is 0 Å². The van der Waals surface area contributed by atoms with E-state index in [1.807, 2.05) is 12.5 Å². The van der Waals surface area contributed by atoms with Crippen LogP contribution >= 0.6 is 11.8 Å². The van der Waals surface area contributed by atoms with Crippen LogP contribution < -0.4 is 0 Å². The first kappa shape index (κ1) is 10.5.